The van der Waals surface area contributed by atoms with E-state index >= 15 is 0 Å². The van der Waals surface area contributed by atoms with Crippen molar-refractivity contribution in [1.82, 2.24) is 5.32 Å². The second-order valence-corrected chi connectivity index (χ2v) is 5.84. The van der Waals surface area contributed by atoms with Crippen molar-refractivity contribution in [3.8, 4) is 5.75 Å². The van der Waals surface area contributed by atoms with Gasteiger partial charge in [-0.3, -0.25) is 0 Å². The molecule has 0 saturated heterocycles. The average molecular weight is 306 g/mol. The molecule has 0 bridgehead atoms. The Labute approximate surface area is 128 Å². The molecule has 1 aliphatic rings. The number of rotatable bonds is 3. The van der Waals surface area contributed by atoms with E-state index < -0.39 is 0 Å². The highest BCUT2D eigenvalue weighted by molar-refractivity contribution is 6.30. The number of hydrogen-bond donors (Lipinski definition) is 1. The topological polar surface area (TPSA) is 21.3 Å². The zero-order chi connectivity index (χ0) is 14.8. The zero-order valence-electron chi connectivity index (χ0n) is 11.8. The maximum atomic E-state index is 13.2. The summed E-state index contributed by atoms with van der Waals surface area (Å²) in [6.45, 7) is 3.49. The van der Waals surface area contributed by atoms with Crippen LogP contribution in [0.3, 0.4) is 0 Å². The van der Waals surface area contributed by atoms with Crippen molar-refractivity contribution in [2.24, 2.45) is 5.92 Å². The van der Waals surface area contributed by atoms with Gasteiger partial charge in [-0.25, -0.2) is 4.39 Å². The fourth-order valence-electron chi connectivity index (χ4n) is 2.68. The van der Waals surface area contributed by atoms with Crippen LogP contribution in [-0.4, -0.2) is 6.61 Å². The van der Waals surface area contributed by atoms with Crippen molar-refractivity contribution in [3.05, 3.63) is 64.4 Å². The van der Waals surface area contributed by atoms with Gasteiger partial charge in [0.25, 0.3) is 0 Å². The van der Waals surface area contributed by atoms with Crippen molar-refractivity contribution in [1.29, 1.82) is 0 Å². The highest BCUT2D eigenvalue weighted by Gasteiger charge is 2.27. The van der Waals surface area contributed by atoms with Gasteiger partial charge in [0, 0.05) is 24.1 Å². The molecule has 0 saturated carbocycles. The van der Waals surface area contributed by atoms with Crippen molar-refractivity contribution >= 4 is 11.6 Å². The van der Waals surface area contributed by atoms with Gasteiger partial charge in [-0.2, -0.15) is 0 Å². The van der Waals surface area contributed by atoms with Crippen LogP contribution in [0.2, 0.25) is 5.02 Å². The molecule has 4 heteroatoms. The molecule has 1 heterocycles. The molecule has 0 aliphatic carbocycles. The Balaban J connectivity index is 1.76. The number of benzene rings is 2. The summed E-state index contributed by atoms with van der Waals surface area (Å²) in [5.41, 5.74) is 2.14. The second-order valence-electron chi connectivity index (χ2n) is 5.43. The van der Waals surface area contributed by atoms with E-state index in [1.54, 1.807) is 12.1 Å². The smallest absolute Gasteiger partial charge is 0.141 e. The van der Waals surface area contributed by atoms with Gasteiger partial charge in [-0.15, -0.1) is 0 Å². The summed E-state index contributed by atoms with van der Waals surface area (Å²) in [6.07, 6.45) is 0. The summed E-state index contributed by atoms with van der Waals surface area (Å²) in [5, 5.41) is 3.69. The fraction of sp³-hybridized carbons (Fsp3) is 0.294. The third kappa shape index (κ3) is 3.04. The average Bonchev–Trinajstić information content (AvgIpc) is 2.50. The van der Waals surface area contributed by atoms with E-state index in [1.807, 2.05) is 18.2 Å². The minimum absolute atomic E-state index is 0.162. The molecule has 2 unspecified atom stereocenters. The minimum Gasteiger partial charge on any atom is -0.493 e. The first-order chi connectivity index (χ1) is 10.1. The molecule has 0 aromatic heterocycles. The van der Waals surface area contributed by atoms with Gasteiger partial charge in [-0.1, -0.05) is 42.8 Å². The van der Waals surface area contributed by atoms with Crippen molar-refractivity contribution in [2.45, 2.75) is 19.5 Å². The Morgan fingerprint density at radius 1 is 1.29 bits per heavy atom. The molecule has 1 aliphatic heterocycles. The quantitative estimate of drug-likeness (QED) is 0.911. The van der Waals surface area contributed by atoms with Crippen LogP contribution in [0, 0.1) is 11.7 Å². The molecule has 0 amide bonds. The number of halogens is 2. The lowest BCUT2D eigenvalue weighted by Gasteiger charge is -2.32. The molecule has 0 fully saturated rings. The maximum absolute atomic E-state index is 13.2. The van der Waals surface area contributed by atoms with Gasteiger partial charge in [0.15, 0.2) is 0 Å². The molecule has 2 aromatic carbocycles. The summed E-state index contributed by atoms with van der Waals surface area (Å²) >= 11 is 5.82. The molecule has 110 valence electrons. The number of fused-ring (bicyclic) bond motifs is 1. The summed E-state index contributed by atoms with van der Waals surface area (Å²) in [4.78, 5) is 0. The third-order valence-electron chi connectivity index (χ3n) is 3.83. The van der Waals surface area contributed by atoms with E-state index in [0.29, 0.717) is 19.1 Å². The van der Waals surface area contributed by atoms with Crippen LogP contribution in [0.5, 0.6) is 5.75 Å². The summed E-state index contributed by atoms with van der Waals surface area (Å²) in [6, 6.07) is 13.1. The zero-order valence-corrected chi connectivity index (χ0v) is 12.5. The number of hydrogen-bond acceptors (Lipinski definition) is 2. The molecule has 0 spiro atoms. The van der Waals surface area contributed by atoms with Gasteiger partial charge >= 0.3 is 0 Å². The second kappa shape index (κ2) is 6.04. The van der Waals surface area contributed by atoms with Crippen molar-refractivity contribution < 1.29 is 9.13 Å². The summed E-state index contributed by atoms with van der Waals surface area (Å²) < 4.78 is 18.9. The van der Waals surface area contributed by atoms with Crippen LogP contribution in [0.25, 0.3) is 0 Å². The molecule has 0 radical (unpaired) electrons. The van der Waals surface area contributed by atoms with Gasteiger partial charge in [0.05, 0.1) is 11.6 Å². The largest absolute Gasteiger partial charge is 0.493 e. The minimum atomic E-state index is -0.384. The molecule has 21 heavy (non-hydrogen) atoms. The van der Waals surface area contributed by atoms with E-state index in [1.165, 1.54) is 11.6 Å². The van der Waals surface area contributed by atoms with Crippen molar-refractivity contribution in [2.75, 3.05) is 6.61 Å². The lowest BCUT2D eigenvalue weighted by Crippen LogP contribution is -2.33. The van der Waals surface area contributed by atoms with Crippen LogP contribution >= 0.6 is 11.6 Å². The van der Waals surface area contributed by atoms with Crippen molar-refractivity contribution in [3.63, 3.8) is 0 Å². The van der Waals surface area contributed by atoms with E-state index in [4.69, 9.17) is 16.3 Å². The lowest BCUT2D eigenvalue weighted by atomic mass is 9.92. The molecule has 2 aromatic rings. The first-order valence-electron chi connectivity index (χ1n) is 7.04. The molecule has 1 N–H and O–H groups in total. The molecule has 2 atom stereocenters. The van der Waals surface area contributed by atoms with Crippen LogP contribution in [0.15, 0.2) is 42.5 Å². The van der Waals surface area contributed by atoms with Gasteiger partial charge in [-0.05, 0) is 23.8 Å². The first kappa shape index (κ1) is 14.4. The number of nitrogens with one attached hydrogen (secondary N) is 1. The standard InChI is InChI=1S/C17H17ClFNO/c1-11-10-21-16-5-3-2-4-13(16)17(11)20-9-12-6-7-15(19)14(18)8-12/h2-8,11,17,20H,9-10H2,1H3. The predicted molar refractivity (Wildman–Crippen MR) is 82.1 cm³/mol. The van der Waals surface area contributed by atoms with Crippen LogP contribution in [0.4, 0.5) is 4.39 Å². The molecule has 3 rings (SSSR count). The fourth-order valence-corrected chi connectivity index (χ4v) is 2.88. The Morgan fingerprint density at radius 2 is 2.10 bits per heavy atom. The lowest BCUT2D eigenvalue weighted by molar-refractivity contribution is 0.188. The monoisotopic (exact) mass is 305 g/mol. The van der Waals surface area contributed by atoms with E-state index in [9.17, 15) is 4.39 Å². The summed E-state index contributed by atoms with van der Waals surface area (Å²) in [5.74, 6) is 0.922. The molecular weight excluding hydrogens is 289 g/mol. The Hall–Kier alpha value is -1.58. The first-order valence-corrected chi connectivity index (χ1v) is 7.42. The highest BCUT2D eigenvalue weighted by Crippen LogP contribution is 2.35. The van der Waals surface area contributed by atoms with E-state index in [-0.39, 0.29) is 16.9 Å². The SMILES string of the molecule is CC1COc2ccccc2C1NCc1ccc(F)c(Cl)c1. The maximum Gasteiger partial charge on any atom is 0.141 e. The van der Waals surface area contributed by atoms with E-state index in [2.05, 4.69) is 18.3 Å². The summed E-state index contributed by atoms with van der Waals surface area (Å²) in [7, 11) is 0. The van der Waals surface area contributed by atoms with Gasteiger partial charge in [0.2, 0.25) is 0 Å². The normalized spacial score (nSPS) is 20.7. The molecule has 2 nitrogen and oxygen atoms in total. The van der Waals surface area contributed by atoms with Crippen LogP contribution in [-0.2, 0) is 6.54 Å². The molecular formula is C17H17ClFNO. The van der Waals surface area contributed by atoms with E-state index in [0.717, 1.165) is 11.3 Å². The number of para-hydroxylation sites is 1. The predicted octanol–water partition coefficient (Wildman–Crippen LogP) is 4.34. The third-order valence-corrected chi connectivity index (χ3v) is 4.12. The van der Waals surface area contributed by atoms with Crippen LogP contribution in [0.1, 0.15) is 24.1 Å². The van der Waals surface area contributed by atoms with Gasteiger partial charge < -0.3 is 10.1 Å². The Morgan fingerprint density at radius 3 is 2.90 bits per heavy atom. The van der Waals surface area contributed by atoms with Crippen LogP contribution < -0.4 is 10.1 Å². The number of ether oxygens (including phenoxy) is 1. The Bertz CT molecular complexity index is 646. The Kier molecular flexibility index (Phi) is 4.13. The van der Waals surface area contributed by atoms with Gasteiger partial charge in [0.1, 0.15) is 11.6 Å². The highest BCUT2D eigenvalue weighted by atomic mass is 35.5.